The van der Waals surface area contributed by atoms with Crippen LogP contribution in [0.25, 0.3) is 11.3 Å². The van der Waals surface area contributed by atoms with Crippen molar-refractivity contribution in [1.82, 2.24) is 4.98 Å². The molecule has 0 amide bonds. The van der Waals surface area contributed by atoms with Crippen molar-refractivity contribution in [2.45, 2.75) is 6.92 Å². The molecule has 0 saturated heterocycles. The summed E-state index contributed by atoms with van der Waals surface area (Å²) in [5.74, 6) is -3.92. The van der Waals surface area contributed by atoms with Crippen molar-refractivity contribution in [2.75, 3.05) is 0 Å². The predicted molar refractivity (Wildman–Crippen MR) is 50.8 cm³/mol. The largest absolute Gasteiger partial charge is 0.326 e. The molecule has 0 radical (unpaired) electrons. The maximum Gasteiger partial charge on any atom is 0.230 e. The third-order valence-corrected chi connectivity index (χ3v) is 2.25. The molecule has 0 atom stereocenters. The topological polar surface area (TPSA) is 15.8 Å². The molecule has 2 rings (SSSR count). The van der Waals surface area contributed by atoms with Crippen LogP contribution in [0.15, 0.2) is 24.3 Å². The molecule has 78 valence electrons. The molecule has 1 N–H and O–H groups in total. The van der Waals surface area contributed by atoms with Crippen LogP contribution in [0.3, 0.4) is 0 Å². The highest BCUT2D eigenvalue weighted by atomic mass is 19.2. The fourth-order valence-corrected chi connectivity index (χ4v) is 1.46. The van der Waals surface area contributed by atoms with Crippen LogP contribution in [0.1, 0.15) is 5.56 Å². The zero-order chi connectivity index (χ0) is 11.0. The lowest BCUT2D eigenvalue weighted by Crippen LogP contribution is -1.85. The highest BCUT2D eigenvalue weighted by molar-refractivity contribution is 5.64. The number of H-pyrrole nitrogens is 1. The van der Waals surface area contributed by atoms with E-state index in [0.29, 0.717) is 5.56 Å². The minimum Gasteiger partial charge on any atom is -0.326 e. The predicted octanol–water partition coefficient (Wildman–Crippen LogP) is 3.41. The molecular weight excluding hydrogens is 203 g/mol. The molecule has 0 aliphatic heterocycles. The normalized spacial score (nSPS) is 10.7. The van der Waals surface area contributed by atoms with Crippen LogP contribution in [0.2, 0.25) is 0 Å². The molecule has 1 heterocycles. The summed E-state index contributed by atoms with van der Waals surface area (Å²) in [5.41, 5.74) is 1.05. The Morgan fingerprint density at radius 1 is 1.00 bits per heavy atom. The molecule has 0 aliphatic carbocycles. The van der Waals surface area contributed by atoms with Gasteiger partial charge in [0, 0.05) is 5.56 Å². The monoisotopic (exact) mass is 211 g/mol. The zero-order valence-electron chi connectivity index (χ0n) is 7.94. The Balaban J connectivity index is 2.65. The second-order valence-corrected chi connectivity index (χ2v) is 3.26. The first kappa shape index (κ1) is 9.83. The summed E-state index contributed by atoms with van der Waals surface area (Å²) < 4.78 is 38.8. The van der Waals surface area contributed by atoms with E-state index in [1.807, 2.05) is 0 Å². The maximum absolute atomic E-state index is 13.2. The minimum atomic E-state index is -1.46. The molecule has 0 spiro atoms. The Labute approximate surface area is 84.6 Å². The molecule has 0 aliphatic rings. The molecule has 0 bridgehead atoms. The molecular formula is C11H8F3N. The van der Waals surface area contributed by atoms with E-state index in [0.717, 1.165) is 5.56 Å². The van der Waals surface area contributed by atoms with Gasteiger partial charge in [-0.3, -0.25) is 0 Å². The SMILES string of the molecule is Cc1ccccc1-c1[nH]c(F)c(F)c1F. The Morgan fingerprint density at radius 3 is 2.20 bits per heavy atom. The van der Waals surface area contributed by atoms with E-state index in [-0.39, 0.29) is 5.69 Å². The lowest BCUT2D eigenvalue weighted by Gasteiger charge is -2.02. The van der Waals surface area contributed by atoms with E-state index in [1.165, 1.54) is 0 Å². The maximum atomic E-state index is 13.2. The molecule has 1 aromatic heterocycles. The molecule has 0 fully saturated rings. The highest BCUT2D eigenvalue weighted by Crippen LogP contribution is 2.27. The van der Waals surface area contributed by atoms with E-state index < -0.39 is 17.6 Å². The summed E-state index contributed by atoms with van der Waals surface area (Å²) in [6.07, 6.45) is 0. The summed E-state index contributed by atoms with van der Waals surface area (Å²) in [6.45, 7) is 1.74. The van der Waals surface area contributed by atoms with Crippen LogP contribution in [-0.2, 0) is 0 Å². The average Bonchev–Trinajstić information content (AvgIpc) is 2.47. The first-order chi connectivity index (χ1) is 7.11. The first-order valence-corrected chi connectivity index (χ1v) is 4.39. The van der Waals surface area contributed by atoms with Gasteiger partial charge in [0.1, 0.15) is 0 Å². The summed E-state index contributed by atoms with van der Waals surface area (Å²) in [5, 5.41) is 0. The van der Waals surface area contributed by atoms with Gasteiger partial charge in [0.15, 0.2) is 5.82 Å². The van der Waals surface area contributed by atoms with Crippen molar-refractivity contribution in [2.24, 2.45) is 0 Å². The number of aromatic nitrogens is 1. The average molecular weight is 211 g/mol. The Morgan fingerprint density at radius 2 is 1.67 bits per heavy atom. The number of hydrogen-bond acceptors (Lipinski definition) is 0. The third-order valence-electron chi connectivity index (χ3n) is 2.25. The van der Waals surface area contributed by atoms with Crippen LogP contribution >= 0.6 is 0 Å². The minimum absolute atomic E-state index is 0.150. The van der Waals surface area contributed by atoms with Gasteiger partial charge in [-0.25, -0.2) is 4.39 Å². The standard InChI is InChI=1S/C11H8F3N/c1-6-4-2-3-5-7(6)10-8(12)9(13)11(14)15-10/h2-5,15H,1H3. The molecule has 1 aromatic carbocycles. The van der Waals surface area contributed by atoms with Gasteiger partial charge in [-0.1, -0.05) is 24.3 Å². The van der Waals surface area contributed by atoms with E-state index in [1.54, 1.807) is 31.2 Å². The van der Waals surface area contributed by atoms with Crippen molar-refractivity contribution in [1.29, 1.82) is 0 Å². The molecule has 15 heavy (non-hydrogen) atoms. The van der Waals surface area contributed by atoms with Gasteiger partial charge in [0.05, 0.1) is 5.69 Å². The van der Waals surface area contributed by atoms with Crippen LogP contribution in [0.4, 0.5) is 13.2 Å². The number of aromatic amines is 1. The number of halogens is 3. The number of aryl methyl sites for hydroxylation is 1. The summed E-state index contributed by atoms with van der Waals surface area (Å²) in [7, 11) is 0. The van der Waals surface area contributed by atoms with Crippen LogP contribution in [0.5, 0.6) is 0 Å². The highest BCUT2D eigenvalue weighted by Gasteiger charge is 2.19. The van der Waals surface area contributed by atoms with E-state index in [9.17, 15) is 13.2 Å². The summed E-state index contributed by atoms with van der Waals surface area (Å²) >= 11 is 0. The number of rotatable bonds is 1. The van der Waals surface area contributed by atoms with E-state index in [2.05, 4.69) is 4.98 Å². The second-order valence-electron chi connectivity index (χ2n) is 3.26. The lowest BCUT2D eigenvalue weighted by atomic mass is 10.1. The van der Waals surface area contributed by atoms with Crippen molar-refractivity contribution in [3.8, 4) is 11.3 Å². The summed E-state index contributed by atoms with van der Waals surface area (Å²) in [6, 6.07) is 6.79. The van der Waals surface area contributed by atoms with Gasteiger partial charge in [0.2, 0.25) is 11.8 Å². The molecule has 4 heteroatoms. The van der Waals surface area contributed by atoms with Crippen LogP contribution in [-0.4, -0.2) is 4.98 Å². The number of benzene rings is 1. The second kappa shape index (κ2) is 3.46. The Bertz CT molecular complexity index is 503. The molecule has 1 nitrogen and oxygen atoms in total. The fraction of sp³-hybridized carbons (Fsp3) is 0.0909. The van der Waals surface area contributed by atoms with Gasteiger partial charge < -0.3 is 4.98 Å². The van der Waals surface area contributed by atoms with Crippen molar-refractivity contribution >= 4 is 0 Å². The molecule has 0 unspecified atom stereocenters. The first-order valence-electron chi connectivity index (χ1n) is 4.39. The number of hydrogen-bond donors (Lipinski definition) is 1. The van der Waals surface area contributed by atoms with Crippen molar-refractivity contribution in [3.63, 3.8) is 0 Å². The van der Waals surface area contributed by atoms with Gasteiger partial charge in [-0.2, -0.15) is 8.78 Å². The summed E-state index contributed by atoms with van der Waals surface area (Å²) in [4.78, 5) is 2.05. The van der Waals surface area contributed by atoms with Crippen molar-refractivity contribution < 1.29 is 13.2 Å². The number of nitrogens with one attached hydrogen (secondary N) is 1. The van der Waals surface area contributed by atoms with Crippen LogP contribution in [0, 0.1) is 24.5 Å². The Kier molecular flexibility index (Phi) is 2.26. The smallest absolute Gasteiger partial charge is 0.230 e. The van der Waals surface area contributed by atoms with Crippen molar-refractivity contribution in [3.05, 3.63) is 47.4 Å². The van der Waals surface area contributed by atoms with Gasteiger partial charge in [-0.05, 0) is 12.5 Å². The van der Waals surface area contributed by atoms with E-state index in [4.69, 9.17) is 0 Å². The molecule has 2 aromatic rings. The van der Waals surface area contributed by atoms with E-state index >= 15 is 0 Å². The quantitative estimate of drug-likeness (QED) is 0.744. The van der Waals surface area contributed by atoms with Gasteiger partial charge >= 0.3 is 0 Å². The van der Waals surface area contributed by atoms with Gasteiger partial charge in [-0.15, -0.1) is 0 Å². The fourth-order valence-electron chi connectivity index (χ4n) is 1.46. The lowest BCUT2D eigenvalue weighted by molar-refractivity contribution is 0.453. The van der Waals surface area contributed by atoms with Crippen LogP contribution < -0.4 is 0 Å². The third kappa shape index (κ3) is 1.52. The zero-order valence-corrected chi connectivity index (χ0v) is 7.94. The van der Waals surface area contributed by atoms with Gasteiger partial charge in [0.25, 0.3) is 0 Å². The molecule has 0 saturated carbocycles. The Hall–Kier alpha value is -1.71.